The van der Waals surface area contributed by atoms with E-state index in [0.29, 0.717) is 29.1 Å². The second-order valence-corrected chi connectivity index (χ2v) is 10.8. The molecule has 0 radical (unpaired) electrons. The third-order valence-corrected chi connectivity index (χ3v) is 7.35. The molecule has 0 saturated heterocycles. The largest absolute Gasteiger partial charge is 0.348 e. The average molecular weight is 489 g/mol. The molecule has 3 N–H and O–H groups in total. The Morgan fingerprint density at radius 1 is 1.00 bits per heavy atom. The van der Waals surface area contributed by atoms with Crippen LogP contribution >= 0.6 is 0 Å². The minimum Gasteiger partial charge on any atom is -0.348 e. The molecule has 2 aliphatic rings. The molecule has 0 aliphatic heterocycles. The molecule has 3 aromatic rings. The number of benzene rings is 1. The number of anilines is 1. The summed E-state index contributed by atoms with van der Waals surface area (Å²) >= 11 is 0. The van der Waals surface area contributed by atoms with Crippen LogP contribution in [0.1, 0.15) is 81.5 Å². The Labute approximate surface area is 212 Å². The van der Waals surface area contributed by atoms with Crippen molar-refractivity contribution in [3.05, 3.63) is 54.2 Å². The van der Waals surface area contributed by atoms with E-state index in [0.717, 1.165) is 42.6 Å². The van der Waals surface area contributed by atoms with E-state index < -0.39 is 6.04 Å². The fourth-order valence-electron chi connectivity index (χ4n) is 5.25. The molecule has 1 aromatic carbocycles. The van der Waals surface area contributed by atoms with Crippen LogP contribution in [0.3, 0.4) is 0 Å². The maximum absolute atomic E-state index is 13.6. The van der Waals surface area contributed by atoms with Gasteiger partial charge in [-0.05, 0) is 81.4 Å². The first-order valence-electron chi connectivity index (χ1n) is 13.1. The zero-order chi connectivity index (χ0) is 25.4. The van der Waals surface area contributed by atoms with Gasteiger partial charge in [0.05, 0.1) is 12.0 Å². The molecule has 2 heterocycles. The topological polar surface area (TPSA) is 105 Å². The van der Waals surface area contributed by atoms with Crippen LogP contribution in [0.25, 0.3) is 11.3 Å². The van der Waals surface area contributed by atoms with Crippen molar-refractivity contribution in [3.63, 3.8) is 0 Å². The van der Waals surface area contributed by atoms with Crippen LogP contribution in [0.5, 0.6) is 0 Å². The summed E-state index contributed by atoms with van der Waals surface area (Å²) in [6, 6.07) is 8.96. The van der Waals surface area contributed by atoms with Gasteiger partial charge in [-0.1, -0.05) is 26.0 Å². The number of carbonyl (C=O) groups is 2. The Balaban J connectivity index is 1.35. The first-order chi connectivity index (χ1) is 17.3. The van der Waals surface area contributed by atoms with E-state index in [-0.39, 0.29) is 23.8 Å². The number of rotatable bonds is 10. The molecule has 190 valence electrons. The molecule has 0 spiro atoms. The van der Waals surface area contributed by atoms with Gasteiger partial charge in [-0.2, -0.15) is 5.10 Å². The van der Waals surface area contributed by atoms with Gasteiger partial charge in [0.25, 0.3) is 5.91 Å². The number of nitrogens with one attached hydrogen (secondary N) is 3. The van der Waals surface area contributed by atoms with E-state index in [1.165, 1.54) is 0 Å². The lowest BCUT2D eigenvalue weighted by atomic mass is 9.88. The van der Waals surface area contributed by atoms with Gasteiger partial charge in [-0.15, -0.1) is 0 Å². The summed E-state index contributed by atoms with van der Waals surface area (Å²) in [5.74, 6) is 1.10. The van der Waals surface area contributed by atoms with Gasteiger partial charge >= 0.3 is 0 Å². The minimum absolute atomic E-state index is 0.0555. The minimum atomic E-state index is -0.577. The lowest BCUT2D eigenvalue weighted by Gasteiger charge is -2.28. The van der Waals surface area contributed by atoms with Gasteiger partial charge in [-0.25, -0.2) is 4.98 Å². The second-order valence-electron chi connectivity index (χ2n) is 10.8. The monoisotopic (exact) mass is 488 g/mol. The standard InChI is InChI=1S/C28H36N6O2/c1-16(2)24-25(30-15-29-24)20-9-11-21(12-10-20)32-28(36)26(23(18-5-6-18)19-7-8-19)33-27(35)22-13-14-31-34(22)17(3)4/h9-19,23,26H,5-8H2,1-4H3,(H,29,30)(H,32,36)(H,33,35). The first kappa shape index (κ1) is 24.3. The lowest BCUT2D eigenvalue weighted by molar-refractivity contribution is -0.119. The number of hydrogen-bond acceptors (Lipinski definition) is 4. The van der Waals surface area contributed by atoms with Gasteiger partial charge in [0, 0.05) is 29.2 Å². The molecule has 2 aromatic heterocycles. The third kappa shape index (κ3) is 5.08. The Morgan fingerprint density at radius 3 is 2.25 bits per heavy atom. The van der Waals surface area contributed by atoms with E-state index in [1.54, 1.807) is 23.3 Å². The van der Waals surface area contributed by atoms with Crippen LogP contribution in [0.4, 0.5) is 5.69 Å². The number of amides is 2. The molecule has 5 rings (SSSR count). The zero-order valence-electron chi connectivity index (χ0n) is 21.5. The van der Waals surface area contributed by atoms with E-state index >= 15 is 0 Å². The van der Waals surface area contributed by atoms with Gasteiger partial charge in [0.1, 0.15) is 11.7 Å². The highest BCUT2D eigenvalue weighted by Gasteiger charge is 2.48. The normalized spacial score (nSPS) is 16.5. The fraction of sp³-hybridized carbons (Fsp3) is 0.500. The SMILES string of the molecule is CC(C)c1[nH]cnc1-c1ccc(NC(=O)C(NC(=O)c2ccnn2C(C)C)C(C2CC2)C2CC2)cc1. The highest BCUT2D eigenvalue weighted by atomic mass is 16.2. The first-order valence-corrected chi connectivity index (χ1v) is 13.1. The Bertz CT molecular complexity index is 1200. The van der Waals surface area contributed by atoms with E-state index in [1.807, 2.05) is 38.1 Å². The molecular formula is C28H36N6O2. The molecule has 8 heteroatoms. The number of aromatic amines is 1. The third-order valence-electron chi connectivity index (χ3n) is 7.35. The molecule has 36 heavy (non-hydrogen) atoms. The zero-order valence-corrected chi connectivity index (χ0v) is 21.5. The molecule has 2 aliphatic carbocycles. The summed E-state index contributed by atoms with van der Waals surface area (Å²) < 4.78 is 1.70. The maximum Gasteiger partial charge on any atom is 0.270 e. The molecule has 2 amide bonds. The van der Waals surface area contributed by atoms with Crippen molar-refractivity contribution in [2.75, 3.05) is 5.32 Å². The summed E-state index contributed by atoms with van der Waals surface area (Å²) in [6.45, 7) is 8.23. The predicted molar refractivity (Wildman–Crippen MR) is 140 cm³/mol. The van der Waals surface area contributed by atoms with Crippen molar-refractivity contribution in [1.82, 2.24) is 25.1 Å². The Kier molecular flexibility index (Phi) is 6.69. The van der Waals surface area contributed by atoms with E-state index in [4.69, 9.17) is 0 Å². The lowest BCUT2D eigenvalue weighted by Crippen LogP contribution is -2.50. The van der Waals surface area contributed by atoms with Crippen molar-refractivity contribution in [2.24, 2.45) is 17.8 Å². The number of aromatic nitrogens is 4. The number of hydrogen-bond donors (Lipinski definition) is 3. The Hall–Kier alpha value is -3.42. The quantitative estimate of drug-likeness (QED) is 0.367. The molecule has 1 unspecified atom stereocenters. The highest BCUT2D eigenvalue weighted by Crippen LogP contribution is 2.51. The summed E-state index contributed by atoms with van der Waals surface area (Å²) in [4.78, 5) is 34.6. The van der Waals surface area contributed by atoms with E-state index in [9.17, 15) is 9.59 Å². The van der Waals surface area contributed by atoms with Crippen LogP contribution in [-0.4, -0.2) is 37.6 Å². The van der Waals surface area contributed by atoms with Crippen molar-refractivity contribution < 1.29 is 9.59 Å². The van der Waals surface area contributed by atoms with Crippen LogP contribution in [0, 0.1) is 17.8 Å². The number of nitrogens with zero attached hydrogens (tertiary/aromatic N) is 3. The smallest absolute Gasteiger partial charge is 0.270 e. The summed E-state index contributed by atoms with van der Waals surface area (Å²) in [6.07, 6.45) is 7.86. The van der Waals surface area contributed by atoms with Gasteiger partial charge in [0.15, 0.2) is 0 Å². The van der Waals surface area contributed by atoms with Crippen LogP contribution in [0.15, 0.2) is 42.9 Å². The summed E-state index contributed by atoms with van der Waals surface area (Å²) in [7, 11) is 0. The molecule has 0 bridgehead atoms. The summed E-state index contributed by atoms with van der Waals surface area (Å²) in [5, 5.41) is 10.5. The van der Waals surface area contributed by atoms with Crippen LogP contribution in [0.2, 0.25) is 0 Å². The molecule has 2 fully saturated rings. The van der Waals surface area contributed by atoms with Gasteiger partial charge in [0.2, 0.25) is 5.91 Å². The van der Waals surface area contributed by atoms with Gasteiger partial charge < -0.3 is 15.6 Å². The molecular weight excluding hydrogens is 452 g/mol. The average Bonchev–Trinajstić information content (AvgIpc) is 3.76. The van der Waals surface area contributed by atoms with Crippen molar-refractivity contribution >= 4 is 17.5 Å². The summed E-state index contributed by atoms with van der Waals surface area (Å²) in [5.41, 5.74) is 4.21. The number of H-pyrrole nitrogens is 1. The van der Waals surface area contributed by atoms with Crippen LogP contribution in [-0.2, 0) is 4.79 Å². The number of imidazole rings is 1. The molecule has 8 nitrogen and oxygen atoms in total. The fourth-order valence-corrected chi connectivity index (χ4v) is 5.25. The van der Waals surface area contributed by atoms with Crippen molar-refractivity contribution in [3.8, 4) is 11.3 Å². The van der Waals surface area contributed by atoms with Gasteiger partial charge in [-0.3, -0.25) is 14.3 Å². The molecule has 1 atom stereocenters. The Morgan fingerprint density at radius 2 is 1.67 bits per heavy atom. The molecule has 2 saturated carbocycles. The maximum atomic E-state index is 13.6. The van der Waals surface area contributed by atoms with Crippen molar-refractivity contribution in [1.29, 1.82) is 0 Å². The van der Waals surface area contributed by atoms with E-state index in [2.05, 4.69) is 39.5 Å². The van der Waals surface area contributed by atoms with Crippen molar-refractivity contribution in [2.45, 2.75) is 71.4 Å². The predicted octanol–water partition coefficient (Wildman–Crippen LogP) is 5.15. The van der Waals surface area contributed by atoms with Crippen LogP contribution < -0.4 is 10.6 Å². The second kappa shape index (κ2) is 9.91. The highest BCUT2D eigenvalue weighted by molar-refractivity contribution is 6.01. The number of carbonyl (C=O) groups excluding carboxylic acids is 2.